The zero-order valence-corrected chi connectivity index (χ0v) is 14.3. The molecule has 0 spiro atoms. The van der Waals surface area contributed by atoms with Crippen LogP contribution in [-0.2, 0) is 6.54 Å². The normalized spacial score (nSPS) is 10.3. The molecule has 7 heteroatoms. The van der Waals surface area contributed by atoms with Crippen LogP contribution in [0.25, 0.3) is 0 Å². The average Bonchev–Trinajstić information content (AvgIpc) is 3.07. The molecule has 2 heterocycles. The van der Waals surface area contributed by atoms with Crippen LogP contribution < -0.4 is 10.6 Å². The Morgan fingerprint density at radius 3 is 2.68 bits per heavy atom. The Kier molecular flexibility index (Phi) is 5.15. The van der Waals surface area contributed by atoms with Crippen molar-refractivity contribution in [1.29, 1.82) is 0 Å². The summed E-state index contributed by atoms with van der Waals surface area (Å²) in [5, 5.41) is 5.60. The Bertz CT molecular complexity index is 893. The molecule has 1 aromatic carbocycles. The highest BCUT2D eigenvalue weighted by molar-refractivity contribution is 7.12. The number of carbonyl (C=O) groups is 2. The lowest BCUT2D eigenvalue weighted by molar-refractivity contribution is 0.0949. The van der Waals surface area contributed by atoms with Gasteiger partial charge in [-0.3, -0.25) is 14.6 Å². The van der Waals surface area contributed by atoms with Gasteiger partial charge in [0.25, 0.3) is 11.8 Å². The van der Waals surface area contributed by atoms with Gasteiger partial charge in [-0.25, -0.2) is 4.98 Å². The van der Waals surface area contributed by atoms with E-state index in [-0.39, 0.29) is 11.8 Å². The summed E-state index contributed by atoms with van der Waals surface area (Å²) in [6, 6.07) is 12.3. The number of nitrogens with one attached hydrogen (secondary N) is 2. The monoisotopic (exact) mass is 352 g/mol. The predicted octanol–water partition coefficient (Wildman–Crippen LogP) is 3.03. The third-order valence-corrected chi connectivity index (χ3v) is 4.42. The molecule has 0 saturated heterocycles. The maximum Gasteiger partial charge on any atom is 0.267 e. The third kappa shape index (κ3) is 4.27. The number of nitrogens with zero attached hydrogens (tertiary/aromatic N) is 2. The summed E-state index contributed by atoms with van der Waals surface area (Å²) < 4.78 is 0. The van der Waals surface area contributed by atoms with Crippen LogP contribution >= 0.6 is 11.3 Å². The van der Waals surface area contributed by atoms with Crippen molar-refractivity contribution in [3.05, 3.63) is 76.0 Å². The first-order chi connectivity index (χ1) is 12.1. The van der Waals surface area contributed by atoms with Crippen molar-refractivity contribution in [1.82, 2.24) is 15.3 Å². The number of hydrogen-bond acceptors (Lipinski definition) is 5. The summed E-state index contributed by atoms with van der Waals surface area (Å²) in [5.74, 6) is -0.457. The van der Waals surface area contributed by atoms with Crippen molar-refractivity contribution in [3.8, 4) is 0 Å². The summed E-state index contributed by atoms with van der Waals surface area (Å²) >= 11 is 1.28. The molecule has 25 heavy (non-hydrogen) atoms. The van der Waals surface area contributed by atoms with Crippen LogP contribution in [0.5, 0.6) is 0 Å². The summed E-state index contributed by atoms with van der Waals surface area (Å²) in [7, 11) is 0. The Morgan fingerprint density at radius 2 is 1.96 bits per heavy atom. The number of carbonyl (C=O) groups excluding carboxylic acids is 2. The molecular weight excluding hydrogens is 336 g/mol. The molecule has 0 fully saturated rings. The maximum absolute atomic E-state index is 12.3. The Hall–Kier alpha value is -3.06. The minimum atomic E-state index is -0.231. The molecule has 3 rings (SSSR count). The topological polar surface area (TPSA) is 84.0 Å². The van der Waals surface area contributed by atoms with E-state index in [1.165, 1.54) is 11.3 Å². The number of amides is 2. The molecule has 126 valence electrons. The molecule has 0 aliphatic rings. The summed E-state index contributed by atoms with van der Waals surface area (Å²) in [6.07, 6.45) is 1.68. The van der Waals surface area contributed by atoms with E-state index in [4.69, 9.17) is 0 Å². The maximum atomic E-state index is 12.3. The van der Waals surface area contributed by atoms with Gasteiger partial charge >= 0.3 is 0 Å². The third-order valence-electron chi connectivity index (χ3n) is 3.49. The van der Waals surface area contributed by atoms with Crippen LogP contribution in [0.4, 0.5) is 5.69 Å². The van der Waals surface area contributed by atoms with Crippen molar-refractivity contribution >= 4 is 28.8 Å². The molecule has 2 aromatic heterocycles. The van der Waals surface area contributed by atoms with E-state index in [2.05, 4.69) is 20.6 Å². The first-order valence-corrected chi connectivity index (χ1v) is 8.51. The second-order valence-corrected chi connectivity index (χ2v) is 6.16. The van der Waals surface area contributed by atoms with Crippen LogP contribution in [0.1, 0.15) is 31.4 Å². The van der Waals surface area contributed by atoms with Crippen LogP contribution in [0.15, 0.2) is 54.2 Å². The smallest absolute Gasteiger partial charge is 0.267 e. The first-order valence-electron chi connectivity index (χ1n) is 7.63. The number of aryl methyl sites for hydroxylation is 1. The molecule has 0 aliphatic carbocycles. The quantitative estimate of drug-likeness (QED) is 0.739. The SMILES string of the molecule is Cc1ncsc1C(=O)Nc1cccc(C(=O)NCc2ccccn2)c1. The van der Waals surface area contributed by atoms with Gasteiger partial charge in [0.2, 0.25) is 0 Å². The van der Waals surface area contributed by atoms with E-state index in [9.17, 15) is 9.59 Å². The van der Waals surface area contributed by atoms with Crippen molar-refractivity contribution < 1.29 is 9.59 Å². The van der Waals surface area contributed by atoms with Gasteiger partial charge in [-0.2, -0.15) is 0 Å². The summed E-state index contributed by atoms with van der Waals surface area (Å²) in [5.41, 5.74) is 4.12. The molecule has 0 saturated carbocycles. The Morgan fingerprint density at radius 1 is 1.08 bits per heavy atom. The summed E-state index contributed by atoms with van der Waals surface area (Å²) in [6.45, 7) is 2.13. The number of thiazole rings is 1. The molecular formula is C18H16N4O2S. The van der Waals surface area contributed by atoms with Crippen molar-refractivity contribution in [2.45, 2.75) is 13.5 Å². The van der Waals surface area contributed by atoms with Gasteiger partial charge < -0.3 is 10.6 Å². The standard InChI is InChI=1S/C18H16N4O2S/c1-12-16(25-11-21-12)18(24)22-14-7-4-5-13(9-14)17(23)20-10-15-6-2-3-8-19-15/h2-9,11H,10H2,1H3,(H,20,23)(H,22,24). The number of pyridine rings is 1. The van der Waals surface area contributed by atoms with Crippen molar-refractivity contribution in [2.75, 3.05) is 5.32 Å². The van der Waals surface area contributed by atoms with Crippen molar-refractivity contribution in [3.63, 3.8) is 0 Å². The fourth-order valence-corrected chi connectivity index (χ4v) is 2.92. The minimum absolute atomic E-state index is 0.226. The molecule has 0 bridgehead atoms. The molecule has 6 nitrogen and oxygen atoms in total. The van der Waals surface area contributed by atoms with Crippen molar-refractivity contribution in [2.24, 2.45) is 0 Å². The lowest BCUT2D eigenvalue weighted by Gasteiger charge is -2.08. The van der Waals surface area contributed by atoms with Gasteiger partial charge in [0, 0.05) is 17.4 Å². The van der Waals surface area contributed by atoms with Gasteiger partial charge in [-0.15, -0.1) is 11.3 Å². The van der Waals surface area contributed by atoms with Gasteiger partial charge in [-0.1, -0.05) is 12.1 Å². The Balaban J connectivity index is 1.65. The lowest BCUT2D eigenvalue weighted by Crippen LogP contribution is -2.23. The highest BCUT2D eigenvalue weighted by Gasteiger charge is 2.13. The highest BCUT2D eigenvalue weighted by Crippen LogP contribution is 2.16. The van der Waals surface area contributed by atoms with Crippen LogP contribution in [-0.4, -0.2) is 21.8 Å². The van der Waals surface area contributed by atoms with Crippen LogP contribution in [0.3, 0.4) is 0 Å². The number of hydrogen-bond donors (Lipinski definition) is 2. The van der Waals surface area contributed by atoms with Gasteiger partial charge in [-0.05, 0) is 37.3 Å². The van der Waals surface area contributed by atoms with E-state index in [0.717, 1.165) is 5.69 Å². The molecule has 2 N–H and O–H groups in total. The number of aromatic nitrogens is 2. The zero-order chi connectivity index (χ0) is 17.6. The minimum Gasteiger partial charge on any atom is -0.346 e. The number of rotatable bonds is 5. The molecule has 0 aliphatic heterocycles. The van der Waals surface area contributed by atoms with Gasteiger partial charge in [0.05, 0.1) is 23.4 Å². The lowest BCUT2D eigenvalue weighted by atomic mass is 10.2. The van der Waals surface area contributed by atoms with Crippen LogP contribution in [0, 0.1) is 6.92 Å². The van der Waals surface area contributed by atoms with Gasteiger partial charge in [0.1, 0.15) is 4.88 Å². The van der Waals surface area contributed by atoms with E-state index in [1.54, 1.807) is 42.9 Å². The number of anilines is 1. The number of benzene rings is 1. The van der Waals surface area contributed by atoms with E-state index in [0.29, 0.717) is 28.4 Å². The first kappa shape index (κ1) is 16.8. The van der Waals surface area contributed by atoms with E-state index in [1.807, 2.05) is 18.2 Å². The van der Waals surface area contributed by atoms with E-state index >= 15 is 0 Å². The van der Waals surface area contributed by atoms with E-state index < -0.39 is 0 Å². The molecule has 0 atom stereocenters. The Labute approximate surface area is 149 Å². The molecule has 0 radical (unpaired) electrons. The molecule has 0 unspecified atom stereocenters. The highest BCUT2D eigenvalue weighted by atomic mass is 32.1. The fourth-order valence-electron chi connectivity index (χ4n) is 2.22. The van der Waals surface area contributed by atoms with Crippen LogP contribution in [0.2, 0.25) is 0 Å². The van der Waals surface area contributed by atoms with Gasteiger partial charge in [0.15, 0.2) is 0 Å². The molecule has 2 amide bonds. The second kappa shape index (κ2) is 7.67. The summed E-state index contributed by atoms with van der Waals surface area (Å²) in [4.78, 5) is 33.3. The average molecular weight is 352 g/mol. The molecule has 3 aromatic rings. The predicted molar refractivity (Wildman–Crippen MR) is 96.7 cm³/mol. The fraction of sp³-hybridized carbons (Fsp3) is 0.111. The largest absolute Gasteiger partial charge is 0.346 e. The zero-order valence-electron chi connectivity index (χ0n) is 13.5. The second-order valence-electron chi connectivity index (χ2n) is 5.31.